The van der Waals surface area contributed by atoms with E-state index in [0.29, 0.717) is 28.9 Å². The van der Waals surface area contributed by atoms with E-state index in [4.69, 9.17) is 0 Å². The van der Waals surface area contributed by atoms with Crippen molar-refractivity contribution < 1.29 is 4.79 Å². The van der Waals surface area contributed by atoms with Gasteiger partial charge in [-0.05, 0) is 38.4 Å². The van der Waals surface area contributed by atoms with E-state index >= 15 is 0 Å². The molecule has 3 aromatic heterocycles. The van der Waals surface area contributed by atoms with Crippen LogP contribution in [0.25, 0.3) is 32.5 Å². The molecular weight excluding hydrogens is 496 g/mol. The van der Waals surface area contributed by atoms with Crippen molar-refractivity contribution in [2.24, 2.45) is 0 Å². The van der Waals surface area contributed by atoms with E-state index in [9.17, 15) is 4.79 Å². The molecule has 5 aromatic rings. The third kappa shape index (κ3) is 6.05. The average Bonchev–Trinajstić information content (AvgIpc) is 3.44. The Balaban J connectivity index is 1.43. The summed E-state index contributed by atoms with van der Waals surface area (Å²) in [5, 5.41) is 16.5. The number of carbonyl (C=O) groups excluding carboxylic acids is 1. The molecule has 3 heterocycles. The Morgan fingerprint density at radius 2 is 1.66 bits per heavy atom. The molecule has 2 aromatic carbocycles. The van der Waals surface area contributed by atoms with Crippen LogP contribution in [0, 0.1) is 0 Å². The lowest BCUT2D eigenvalue weighted by atomic mass is 10.1. The van der Waals surface area contributed by atoms with Crippen LogP contribution < -0.4 is 10.6 Å². The highest BCUT2D eigenvalue weighted by Crippen LogP contribution is 2.34. The van der Waals surface area contributed by atoms with Crippen LogP contribution >= 0.6 is 11.3 Å². The maximum Gasteiger partial charge on any atom is 0.274 e. The summed E-state index contributed by atoms with van der Waals surface area (Å²) in [4.78, 5) is 28.9. The van der Waals surface area contributed by atoms with Crippen molar-refractivity contribution in [3.8, 4) is 32.5 Å². The Morgan fingerprint density at radius 1 is 0.895 bits per heavy atom. The van der Waals surface area contributed by atoms with E-state index in [1.165, 1.54) is 11.3 Å². The number of hydrogen-bond acceptors (Lipinski definition) is 9. The molecule has 0 saturated heterocycles. The number of para-hydroxylation sites is 1. The second-order valence-corrected chi connectivity index (χ2v) is 9.69. The molecule has 0 aliphatic heterocycles. The van der Waals surface area contributed by atoms with Crippen molar-refractivity contribution in [1.82, 2.24) is 30.0 Å². The first-order valence-electron chi connectivity index (χ1n) is 12.0. The molecule has 0 aliphatic rings. The zero-order valence-electron chi connectivity index (χ0n) is 21.0. The van der Waals surface area contributed by atoms with Crippen LogP contribution in [0.3, 0.4) is 0 Å². The van der Waals surface area contributed by atoms with Gasteiger partial charge in [-0.2, -0.15) is 0 Å². The number of hydrogen-bond donors (Lipinski definition) is 2. The SMILES string of the molecule is CN(C)CCNc1cc(C(=O)Nc2ccccc2-c2nnc(-c3cccnc3)s2)nc(-c2ccccc2)n1. The number of anilines is 2. The topological polar surface area (TPSA) is 109 Å². The number of nitrogens with zero attached hydrogens (tertiary/aromatic N) is 6. The molecule has 1 amide bonds. The summed E-state index contributed by atoms with van der Waals surface area (Å²) in [5.74, 6) is 0.721. The van der Waals surface area contributed by atoms with E-state index in [2.05, 4.69) is 40.7 Å². The van der Waals surface area contributed by atoms with E-state index in [1.54, 1.807) is 18.5 Å². The van der Waals surface area contributed by atoms with Crippen molar-refractivity contribution in [3.63, 3.8) is 0 Å². The van der Waals surface area contributed by atoms with E-state index in [0.717, 1.165) is 28.2 Å². The van der Waals surface area contributed by atoms with Gasteiger partial charge in [0.05, 0.1) is 5.69 Å². The molecule has 0 unspecified atom stereocenters. The minimum Gasteiger partial charge on any atom is -0.369 e. The number of nitrogens with one attached hydrogen (secondary N) is 2. The molecule has 0 saturated carbocycles. The summed E-state index contributed by atoms with van der Waals surface area (Å²) in [6.45, 7) is 1.50. The molecular formula is C28H26N8OS. The fourth-order valence-corrected chi connectivity index (χ4v) is 4.55. The van der Waals surface area contributed by atoms with Crippen LogP contribution in [-0.2, 0) is 0 Å². The van der Waals surface area contributed by atoms with Gasteiger partial charge in [0.25, 0.3) is 5.91 Å². The molecule has 2 N–H and O–H groups in total. The van der Waals surface area contributed by atoms with Gasteiger partial charge < -0.3 is 15.5 Å². The standard InChI is InChI=1S/C28H26N8OS/c1-36(2)16-15-30-24-17-23(31-25(33-24)19-9-4-3-5-10-19)26(37)32-22-13-7-6-12-21(22)28-35-34-27(38-28)20-11-8-14-29-18-20/h3-14,17-18H,15-16H2,1-2H3,(H,32,37)(H,30,31,33). The fourth-order valence-electron chi connectivity index (χ4n) is 3.68. The van der Waals surface area contributed by atoms with Gasteiger partial charge in [-0.1, -0.05) is 53.8 Å². The van der Waals surface area contributed by atoms with Crippen LogP contribution in [0.2, 0.25) is 0 Å². The van der Waals surface area contributed by atoms with Gasteiger partial charge in [0, 0.05) is 48.2 Å². The van der Waals surface area contributed by atoms with Gasteiger partial charge in [0.1, 0.15) is 21.5 Å². The Hall–Kier alpha value is -4.54. The number of likely N-dealkylation sites (N-methyl/N-ethyl adjacent to an activating group) is 1. The second-order valence-electron chi connectivity index (χ2n) is 8.71. The summed E-state index contributed by atoms with van der Waals surface area (Å²) in [6, 6.07) is 22.6. The highest BCUT2D eigenvalue weighted by molar-refractivity contribution is 7.18. The maximum atomic E-state index is 13.5. The van der Waals surface area contributed by atoms with E-state index < -0.39 is 0 Å². The number of benzene rings is 2. The van der Waals surface area contributed by atoms with Gasteiger partial charge in [-0.25, -0.2) is 9.97 Å². The first kappa shape index (κ1) is 25.1. The molecule has 9 nitrogen and oxygen atoms in total. The summed E-state index contributed by atoms with van der Waals surface area (Å²) in [7, 11) is 4.01. The van der Waals surface area contributed by atoms with Crippen molar-refractivity contribution in [2.75, 3.05) is 37.8 Å². The largest absolute Gasteiger partial charge is 0.369 e. The number of amides is 1. The molecule has 0 fully saturated rings. The lowest BCUT2D eigenvalue weighted by molar-refractivity contribution is 0.102. The lowest BCUT2D eigenvalue weighted by Crippen LogP contribution is -2.22. The third-order valence-corrected chi connectivity index (χ3v) is 6.60. The molecule has 190 valence electrons. The van der Waals surface area contributed by atoms with Crippen molar-refractivity contribution >= 4 is 28.7 Å². The molecule has 0 bridgehead atoms. The van der Waals surface area contributed by atoms with Crippen LogP contribution in [-0.4, -0.2) is 63.1 Å². The number of carbonyl (C=O) groups is 1. The van der Waals surface area contributed by atoms with Crippen LogP contribution in [0.1, 0.15) is 10.5 Å². The van der Waals surface area contributed by atoms with Crippen LogP contribution in [0.15, 0.2) is 85.2 Å². The lowest BCUT2D eigenvalue weighted by Gasteiger charge is -2.13. The maximum absolute atomic E-state index is 13.5. The summed E-state index contributed by atoms with van der Waals surface area (Å²) in [6.07, 6.45) is 3.47. The van der Waals surface area contributed by atoms with E-state index in [-0.39, 0.29) is 11.6 Å². The second kappa shape index (κ2) is 11.7. The fraction of sp³-hybridized carbons (Fsp3) is 0.143. The monoisotopic (exact) mass is 522 g/mol. The zero-order valence-corrected chi connectivity index (χ0v) is 21.8. The highest BCUT2D eigenvalue weighted by atomic mass is 32.1. The zero-order chi connectivity index (χ0) is 26.3. The Labute approximate surface area is 224 Å². The first-order chi connectivity index (χ1) is 18.6. The summed E-state index contributed by atoms with van der Waals surface area (Å²) in [5.41, 5.74) is 3.37. The van der Waals surface area contributed by atoms with Crippen molar-refractivity contribution in [1.29, 1.82) is 0 Å². The number of rotatable bonds is 9. The minimum absolute atomic E-state index is 0.259. The summed E-state index contributed by atoms with van der Waals surface area (Å²) < 4.78 is 0. The van der Waals surface area contributed by atoms with Gasteiger partial charge in [-0.15, -0.1) is 10.2 Å². The van der Waals surface area contributed by atoms with Crippen molar-refractivity contribution in [3.05, 3.63) is 90.9 Å². The molecule has 5 rings (SSSR count). The van der Waals surface area contributed by atoms with Gasteiger partial charge in [0.2, 0.25) is 0 Å². The third-order valence-electron chi connectivity index (χ3n) is 5.60. The van der Waals surface area contributed by atoms with Crippen LogP contribution in [0.4, 0.5) is 11.5 Å². The molecule has 0 radical (unpaired) electrons. The molecule has 10 heteroatoms. The molecule has 0 atom stereocenters. The molecule has 0 aliphatic carbocycles. The van der Waals surface area contributed by atoms with Crippen molar-refractivity contribution in [2.45, 2.75) is 0 Å². The quantitative estimate of drug-likeness (QED) is 0.280. The highest BCUT2D eigenvalue weighted by Gasteiger charge is 2.17. The van der Waals surface area contributed by atoms with E-state index in [1.807, 2.05) is 80.8 Å². The van der Waals surface area contributed by atoms with Gasteiger partial charge in [0.15, 0.2) is 5.82 Å². The predicted octanol–water partition coefficient (Wildman–Crippen LogP) is 4.95. The molecule has 0 spiro atoms. The summed E-state index contributed by atoms with van der Waals surface area (Å²) >= 11 is 1.44. The number of pyridine rings is 1. The predicted molar refractivity (Wildman–Crippen MR) is 151 cm³/mol. The van der Waals surface area contributed by atoms with Gasteiger partial charge >= 0.3 is 0 Å². The minimum atomic E-state index is -0.343. The Kier molecular flexibility index (Phi) is 7.72. The normalized spacial score (nSPS) is 10.9. The smallest absolute Gasteiger partial charge is 0.274 e. The Bertz CT molecular complexity index is 1520. The number of aromatic nitrogens is 5. The average molecular weight is 523 g/mol. The molecule has 38 heavy (non-hydrogen) atoms. The first-order valence-corrected chi connectivity index (χ1v) is 12.9. The van der Waals surface area contributed by atoms with Crippen LogP contribution in [0.5, 0.6) is 0 Å². The Morgan fingerprint density at radius 3 is 2.45 bits per heavy atom. The van der Waals surface area contributed by atoms with Gasteiger partial charge in [-0.3, -0.25) is 9.78 Å².